The Hall–Kier alpha value is -2.33. The van der Waals surface area contributed by atoms with E-state index in [0.29, 0.717) is 18.0 Å². The zero-order valence-electron chi connectivity index (χ0n) is 13.2. The van der Waals surface area contributed by atoms with Crippen molar-refractivity contribution in [2.45, 2.75) is 13.0 Å². The Morgan fingerprint density at radius 1 is 1.09 bits per heavy atom. The van der Waals surface area contributed by atoms with Crippen LogP contribution in [0.3, 0.4) is 0 Å². The smallest absolute Gasteiger partial charge is 0.246 e. The Kier molecular flexibility index (Phi) is 5.55. The van der Waals surface area contributed by atoms with Crippen molar-refractivity contribution in [1.29, 1.82) is 0 Å². The molecule has 2 rings (SSSR count). The van der Waals surface area contributed by atoms with Crippen LogP contribution in [0, 0.1) is 0 Å². The van der Waals surface area contributed by atoms with Crippen molar-refractivity contribution in [1.82, 2.24) is 4.90 Å². The zero-order valence-corrected chi connectivity index (χ0v) is 13.2. The monoisotopic (exact) mass is 298 g/mol. The van der Waals surface area contributed by atoms with E-state index in [9.17, 15) is 4.79 Å². The van der Waals surface area contributed by atoms with Crippen LogP contribution in [-0.4, -0.2) is 31.5 Å². The van der Waals surface area contributed by atoms with E-state index in [4.69, 9.17) is 4.74 Å². The Labute approximate surface area is 131 Å². The normalized spacial score (nSPS) is 12.0. The Morgan fingerprint density at radius 2 is 1.73 bits per heavy atom. The fraction of sp³-hybridized carbons (Fsp3) is 0.278. The van der Waals surface area contributed by atoms with E-state index in [-0.39, 0.29) is 11.9 Å². The van der Waals surface area contributed by atoms with Gasteiger partial charge in [-0.2, -0.15) is 0 Å². The van der Waals surface area contributed by atoms with Gasteiger partial charge in [-0.3, -0.25) is 9.69 Å². The molecule has 1 unspecified atom stereocenters. The number of hydrogen-bond acceptors (Lipinski definition) is 3. The molecule has 2 aromatic rings. The lowest BCUT2D eigenvalue weighted by atomic mass is 10.1. The number of anilines is 1. The fourth-order valence-corrected chi connectivity index (χ4v) is 2.37. The molecule has 0 fully saturated rings. The van der Waals surface area contributed by atoms with Gasteiger partial charge in [-0.05, 0) is 38.7 Å². The van der Waals surface area contributed by atoms with E-state index >= 15 is 0 Å². The van der Waals surface area contributed by atoms with Crippen LogP contribution < -0.4 is 10.1 Å². The number of benzene rings is 2. The van der Waals surface area contributed by atoms with Crippen LogP contribution in [0.5, 0.6) is 5.75 Å². The minimum Gasteiger partial charge on any atom is -0.492 e. The first-order chi connectivity index (χ1) is 10.6. The summed E-state index contributed by atoms with van der Waals surface area (Å²) in [5, 5.41) is 2.97. The molecule has 0 aliphatic rings. The van der Waals surface area contributed by atoms with Crippen molar-refractivity contribution in [2.24, 2.45) is 0 Å². The number of likely N-dealkylation sites (N-methyl/N-ethyl adjacent to an activating group) is 1. The molecule has 0 spiro atoms. The molecule has 1 amide bonds. The lowest BCUT2D eigenvalue weighted by molar-refractivity contribution is -0.120. The van der Waals surface area contributed by atoms with Gasteiger partial charge >= 0.3 is 0 Å². The van der Waals surface area contributed by atoms with E-state index in [2.05, 4.69) is 5.32 Å². The number of amides is 1. The molecule has 2 aromatic carbocycles. The minimum atomic E-state index is -0.351. The molecule has 116 valence electrons. The summed E-state index contributed by atoms with van der Waals surface area (Å²) < 4.78 is 5.56. The lowest BCUT2D eigenvalue weighted by Gasteiger charge is -2.24. The minimum absolute atomic E-state index is 0.0802. The maximum atomic E-state index is 12.7. The standard InChI is InChI=1S/C18H22N2O2/c1-4-22-16-13-9-8-12-15(16)19-18(21)17(20(2)3)14-10-6-5-7-11-14/h5-13,17H,4H2,1-3H3,(H,19,21). The maximum absolute atomic E-state index is 12.7. The summed E-state index contributed by atoms with van der Waals surface area (Å²) in [5.74, 6) is 0.604. The molecular weight excluding hydrogens is 276 g/mol. The topological polar surface area (TPSA) is 41.6 Å². The number of ether oxygens (including phenoxy) is 1. The van der Waals surface area contributed by atoms with Gasteiger partial charge in [-0.25, -0.2) is 0 Å². The number of nitrogens with zero attached hydrogens (tertiary/aromatic N) is 1. The predicted molar refractivity (Wildman–Crippen MR) is 89.1 cm³/mol. The van der Waals surface area contributed by atoms with Gasteiger partial charge in [0.1, 0.15) is 11.8 Å². The maximum Gasteiger partial charge on any atom is 0.246 e. The molecule has 0 saturated heterocycles. The third-order valence-electron chi connectivity index (χ3n) is 3.32. The third kappa shape index (κ3) is 3.86. The number of rotatable bonds is 6. The summed E-state index contributed by atoms with van der Waals surface area (Å²) in [6.07, 6.45) is 0. The Bertz CT molecular complexity index is 611. The highest BCUT2D eigenvalue weighted by Crippen LogP contribution is 2.26. The molecular formula is C18H22N2O2. The molecule has 1 atom stereocenters. The summed E-state index contributed by atoms with van der Waals surface area (Å²) in [6.45, 7) is 2.48. The summed E-state index contributed by atoms with van der Waals surface area (Å²) >= 11 is 0. The van der Waals surface area contributed by atoms with E-state index < -0.39 is 0 Å². The van der Waals surface area contributed by atoms with Crippen molar-refractivity contribution >= 4 is 11.6 Å². The first-order valence-corrected chi connectivity index (χ1v) is 7.37. The second-order valence-electron chi connectivity index (χ2n) is 5.20. The van der Waals surface area contributed by atoms with Crippen molar-refractivity contribution < 1.29 is 9.53 Å². The number of carbonyl (C=O) groups excluding carboxylic acids is 1. The van der Waals surface area contributed by atoms with Crippen LogP contribution in [0.1, 0.15) is 18.5 Å². The molecule has 0 aromatic heterocycles. The predicted octanol–water partition coefficient (Wildman–Crippen LogP) is 3.33. The first-order valence-electron chi connectivity index (χ1n) is 7.37. The Morgan fingerprint density at radius 3 is 2.36 bits per heavy atom. The largest absolute Gasteiger partial charge is 0.492 e. The number of carbonyl (C=O) groups is 1. The van der Waals surface area contributed by atoms with Crippen molar-refractivity contribution in [3.8, 4) is 5.75 Å². The summed E-state index contributed by atoms with van der Waals surface area (Å²) in [4.78, 5) is 14.6. The van der Waals surface area contributed by atoms with Crippen LogP contribution in [0.2, 0.25) is 0 Å². The molecule has 0 aliphatic carbocycles. The fourth-order valence-electron chi connectivity index (χ4n) is 2.37. The number of nitrogens with one attached hydrogen (secondary N) is 1. The second kappa shape index (κ2) is 7.61. The van der Waals surface area contributed by atoms with Crippen molar-refractivity contribution in [3.63, 3.8) is 0 Å². The lowest BCUT2D eigenvalue weighted by Crippen LogP contribution is -2.32. The molecule has 0 aliphatic heterocycles. The van der Waals surface area contributed by atoms with E-state index in [1.807, 2.05) is 80.5 Å². The van der Waals surface area contributed by atoms with Gasteiger partial charge in [-0.1, -0.05) is 42.5 Å². The van der Waals surface area contributed by atoms with Crippen molar-refractivity contribution in [2.75, 3.05) is 26.0 Å². The molecule has 22 heavy (non-hydrogen) atoms. The third-order valence-corrected chi connectivity index (χ3v) is 3.32. The van der Waals surface area contributed by atoms with E-state index in [1.165, 1.54) is 0 Å². The van der Waals surface area contributed by atoms with Crippen LogP contribution >= 0.6 is 0 Å². The van der Waals surface area contributed by atoms with Crippen LogP contribution in [0.4, 0.5) is 5.69 Å². The molecule has 0 radical (unpaired) electrons. The second-order valence-corrected chi connectivity index (χ2v) is 5.20. The summed E-state index contributed by atoms with van der Waals surface area (Å²) in [5.41, 5.74) is 1.65. The molecule has 0 heterocycles. The van der Waals surface area contributed by atoms with Gasteiger partial charge in [0.15, 0.2) is 0 Å². The van der Waals surface area contributed by atoms with Crippen LogP contribution in [-0.2, 0) is 4.79 Å². The highest BCUT2D eigenvalue weighted by atomic mass is 16.5. The van der Waals surface area contributed by atoms with Crippen molar-refractivity contribution in [3.05, 3.63) is 60.2 Å². The van der Waals surface area contributed by atoms with Gasteiger partial charge in [-0.15, -0.1) is 0 Å². The molecule has 1 N–H and O–H groups in total. The first kappa shape index (κ1) is 16.0. The van der Waals surface area contributed by atoms with Gasteiger partial charge in [0.25, 0.3) is 0 Å². The van der Waals surface area contributed by atoms with Gasteiger partial charge in [0, 0.05) is 0 Å². The van der Waals surface area contributed by atoms with Crippen LogP contribution in [0.15, 0.2) is 54.6 Å². The quantitative estimate of drug-likeness (QED) is 0.889. The molecule has 4 nitrogen and oxygen atoms in total. The molecule has 0 saturated carbocycles. The Balaban J connectivity index is 2.23. The van der Waals surface area contributed by atoms with E-state index in [0.717, 1.165) is 5.56 Å². The van der Waals surface area contributed by atoms with Gasteiger partial charge in [0.05, 0.1) is 12.3 Å². The number of para-hydroxylation sites is 2. The summed E-state index contributed by atoms with van der Waals surface area (Å²) in [7, 11) is 3.79. The zero-order chi connectivity index (χ0) is 15.9. The average molecular weight is 298 g/mol. The van der Waals surface area contributed by atoms with Gasteiger partial charge in [0.2, 0.25) is 5.91 Å². The highest BCUT2D eigenvalue weighted by Gasteiger charge is 2.23. The highest BCUT2D eigenvalue weighted by molar-refractivity contribution is 5.96. The van der Waals surface area contributed by atoms with Crippen LogP contribution in [0.25, 0.3) is 0 Å². The molecule has 0 bridgehead atoms. The summed E-state index contributed by atoms with van der Waals surface area (Å²) in [6, 6.07) is 16.9. The molecule has 4 heteroatoms. The van der Waals surface area contributed by atoms with Gasteiger partial charge < -0.3 is 10.1 Å². The SMILES string of the molecule is CCOc1ccccc1NC(=O)C(c1ccccc1)N(C)C. The van der Waals surface area contributed by atoms with E-state index in [1.54, 1.807) is 0 Å². The number of hydrogen-bond donors (Lipinski definition) is 1. The average Bonchev–Trinajstić information content (AvgIpc) is 2.50.